The number of unbranched alkanes of at least 4 members (excludes halogenated alkanes) is 4. The Morgan fingerprint density at radius 1 is 0.486 bits per heavy atom. The maximum Gasteiger partial charge on any atom is -0.00734 e. The molecule has 4 aromatic rings. The molecule has 0 aromatic heterocycles. The molecule has 0 aliphatic heterocycles. The second kappa shape index (κ2) is 12.5. The van der Waals surface area contributed by atoms with Crippen molar-refractivity contribution < 1.29 is 0 Å². The largest absolute Gasteiger partial charge is 0.0654 e. The van der Waals surface area contributed by atoms with E-state index in [-0.39, 0.29) is 0 Å². The van der Waals surface area contributed by atoms with E-state index in [4.69, 9.17) is 0 Å². The highest BCUT2D eigenvalue weighted by Crippen LogP contribution is 2.37. The lowest BCUT2D eigenvalue weighted by atomic mass is 9.86. The van der Waals surface area contributed by atoms with E-state index in [9.17, 15) is 0 Å². The molecule has 0 heterocycles. The summed E-state index contributed by atoms with van der Waals surface area (Å²) >= 11 is 0. The van der Waals surface area contributed by atoms with E-state index in [2.05, 4.69) is 112 Å². The molecule has 0 saturated heterocycles. The average Bonchev–Trinajstić information content (AvgIpc) is 2.91. The van der Waals surface area contributed by atoms with E-state index < -0.39 is 0 Å². The summed E-state index contributed by atoms with van der Waals surface area (Å²) in [5, 5.41) is 0. The van der Waals surface area contributed by atoms with Crippen LogP contribution in [0.3, 0.4) is 0 Å². The van der Waals surface area contributed by atoms with E-state index in [0.717, 1.165) is 6.42 Å². The molecule has 0 aliphatic rings. The minimum absolute atomic E-state index is 1.16. The van der Waals surface area contributed by atoms with Gasteiger partial charge in [-0.05, 0) is 82.7 Å². The Labute approximate surface area is 213 Å². The molecule has 35 heavy (non-hydrogen) atoms. The number of benzene rings is 4. The highest BCUT2D eigenvalue weighted by molar-refractivity contribution is 5.87. The van der Waals surface area contributed by atoms with Crippen molar-refractivity contribution in [3.63, 3.8) is 0 Å². The molecular formula is C35H40. The fraction of sp³-hybridized carbons (Fsp3) is 0.314. The van der Waals surface area contributed by atoms with E-state index in [0.29, 0.717) is 0 Å². The maximum atomic E-state index is 2.36. The van der Waals surface area contributed by atoms with E-state index in [1.54, 1.807) is 0 Å². The van der Waals surface area contributed by atoms with Crippen molar-refractivity contribution in [3.8, 4) is 33.4 Å². The molecule has 0 nitrogen and oxygen atoms in total. The van der Waals surface area contributed by atoms with Crippen LogP contribution in [0.2, 0.25) is 0 Å². The fourth-order valence-electron chi connectivity index (χ4n) is 5.09. The third-order valence-electron chi connectivity index (χ3n) is 7.24. The summed E-state index contributed by atoms with van der Waals surface area (Å²) in [5.41, 5.74) is 12.2. The number of aryl methyl sites for hydroxylation is 2. The molecule has 0 unspecified atom stereocenters. The van der Waals surface area contributed by atoms with Gasteiger partial charge in [-0.25, -0.2) is 0 Å². The van der Waals surface area contributed by atoms with Gasteiger partial charge >= 0.3 is 0 Å². The Kier molecular flexibility index (Phi) is 8.96. The molecule has 180 valence electrons. The lowest BCUT2D eigenvalue weighted by molar-refractivity contribution is 0.715. The van der Waals surface area contributed by atoms with Crippen molar-refractivity contribution >= 4 is 0 Å². The molecule has 0 radical (unpaired) electrons. The summed E-state index contributed by atoms with van der Waals surface area (Å²) in [4.78, 5) is 0. The van der Waals surface area contributed by atoms with Crippen LogP contribution in [0, 0.1) is 6.92 Å². The number of hydrogen-bond donors (Lipinski definition) is 0. The van der Waals surface area contributed by atoms with Gasteiger partial charge in [0, 0.05) is 0 Å². The highest BCUT2D eigenvalue weighted by Gasteiger charge is 2.14. The zero-order valence-electron chi connectivity index (χ0n) is 21.8. The first-order valence-corrected chi connectivity index (χ1v) is 13.6. The Balaban J connectivity index is 1.62. The van der Waals surface area contributed by atoms with Crippen molar-refractivity contribution in [1.82, 2.24) is 0 Å². The predicted octanol–water partition coefficient (Wildman–Crippen LogP) is 10.5. The van der Waals surface area contributed by atoms with Gasteiger partial charge in [-0.2, -0.15) is 0 Å². The summed E-state index contributed by atoms with van der Waals surface area (Å²) in [5.74, 6) is 0. The monoisotopic (exact) mass is 460 g/mol. The highest BCUT2D eigenvalue weighted by atomic mass is 14.2. The van der Waals surface area contributed by atoms with Crippen molar-refractivity contribution in [2.24, 2.45) is 0 Å². The number of rotatable bonds is 11. The van der Waals surface area contributed by atoms with Crippen LogP contribution in [0.5, 0.6) is 0 Å². The second-order valence-corrected chi connectivity index (χ2v) is 9.83. The molecule has 0 saturated carbocycles. The van der Waals surface area contributed by atoms with Crippen molar-refractivity contribution in [2.45, 2.75) is 72.1 Å². The van der Waals surface area contributed by atoms with Crippen LogP contribution in [0.4, 0.5) is 0 Å². The third kappa shape index (κ3) is 6.31. The lowest BCUT2D eigenvalue weighted by Gasteiger charge is -2.18. The van der Waals surface area contributed by atoms with Gasteiger partial charge in [0.2, 0.25) is 0 Å². The van der Waals surface area contributed by atoms with Crippen LogP contribution >= 0.6 is 0 Å². The number of hydrogen-bond acceptors (Lipinski definition) is 0. The summed E-state index contributed by atoms with van der Waals surface area (Å²) in [6.45, 7) is 6.85. The molecule has 0 spiro atoms. The van der Waals surface area contributed by atoms with Crippen molar-refractivity contribution in [1.29, 1.82) is 0 Å². The minimum atomic E-state index is 1.16. The van der Waals surface area contributed by atoms with Crippen LogP contribution in [0.1, 0.15) is 69.1 Å². The molecule has 0 aliphatic carbocycles. The Hall–Kier alpha value is -3.12. The first kappa shape index (κ1) is 25.0. The minimum Gasteiger partial charge on any atom is -0.0654 e. The fourth-order valence-corrected chi connectivity index (χ4v) is 5.09. The smallest absolute Gasteiger partial charge is 0.00734 e. The molecule has 0 fully saturated rings. The molecule has 0 amide bonds. The molecular weight excluding hydrogens is 420 g/mol. The molecule has 4 aromatic carbocycles. The quantitative estimate of drug-likeness (QED) is 0.195. The molecule has 0 N–H and O–H groups in total. The summed E-state index contributed by atoms with van der Waals surface area (Å²) in [7, 11) is 0. The zero-order valence-corrected chi connectivity index (χ0v) is 21.8. The van der Waals surface area contributed by atoms with E-state index in [1.165, 1.54) is 95.0 Å². The first-order valence-electron chi connectivity index (χ1n) is 13.6. The van der Waals surface area contributed by atoms with Gasteiger partial charge in [0.05, 0.1) is 0 Å². The Morgan fingerprint density at radius 2 is 1.06 bits per heavy atom. The summed E-state index contributed by atoms with van der Waals surface area (Å²) < 4.78 is 0. The van der Waals surface area contributed by atoms with E-state index >= 15 is 0 Å². The zero-order chi connectivity index (χ0) is 24.5. The van der Waals surface area contributed by atoms with Gasteiger partial charge in [0.15, 0.2) is 0 Å². The normalized spacial score (nSPS) is 11.1. The SMILES string of the molecule is CCCCCc1ccc(-c2ccc(-c3ccc(CCCCC)c(C)c3-c3ccccc3)cc2)cc1. The molecule has 0 bridgehead atoms. The van der Waals surface area contributed by atoms with Gasteiger partial charge in [0.1, 0.15) is 0 Å². The second-order valence-electron chi connectivity index (χ2n) is 9.83. The van der Waals surface area contributed by atoms with Gasteiger partial charge in [-0.3, -0.25) is 0 Å². The Morgan fingerprint density at radius 3 is 1.69 bits per heavy atom. The van der Waals surface area contributed by atoms with Crippen LogP contribution in [-0.4, -0.2) is 0 Å². The van der Waals surface area contributed by atoms with E-state index in [1.807, 2.05) is 0 Å². The van der Waals surface area contributed by atoms with Crippen molar-refractivity contribution in [3.05, 3.63) is 108 Å². The summed E-state index contributed by atoms with van der Waals surface area (Å²) in [6, 6.07) is 33.9. The first-order chi connectivity index (χ1) is 17.2. The van der Waals surface area contributed by atoms with Crippen LogP contribution in [0.15, 0.2) is 91.0 Å². The third-order valence-corrected chi connectivity index (χ3v) is 7.24. The molecule has 0 heteroatoms. The molecule has 0 atom stereocenters. The van der Waals surface area contributed by atoms with Gasteiger partial charge in [-0.15, -0.1) is 0 Å². The van der Waals surface area contributed by atoms with Crippen LogP contribution in [-0.2, 0) is 12.8 Å². The Bertz CT molecular complexity index is 1180. The average molecular weight is 461 g/mol. The summed E-state index contributed by atoms with van der Waals surface area (Å²) in [6.07, 6.45) is 10.0. The predicted molar refractivity (Wildman–Crippen MR) is 154 cm³/mol. The van der Waals surface area contributed by atoms with Gasteiger partial charge in [0.25, 0.3) is 0 Å². The van der Waals surface area contributed by atoms with Crippen LogP contribution in [0.25, 0.3) is 33.4 Å². The van der Waals surface area contributed by atoms with Gasteiger partial charge in [-0.1, -0.05) is 131 Å². The van der Waals surface area contributed by atoms with Crippen molar-refractivity contribution in [2.75, 3.05) is 0 Å². The van der Waals surface area contributed by atoms with Gasteiger partial charge < -0.3 is 0 Å². The molecule has 4 rings (SSSR count). The maximum absolute atomic E-state index is 2.36. The topological polar surface area (TPSA) is 0 Å². The lowest BCUT2D eigenvalue weighted by Crippen LogP contribution is -1.96. The standard InChI is InChI=1S/C35H40/c1-4-6-9-13-28-17-19-30(20-18-28)31-21-23-32(24-22-31)34-26-25-29(14-10-7-5-2)27(3)35(34)33-15-11-8-12-16-33/h8,11-12,15-26H,4-7,9-10,13-14H2,1-3H3. The van der Waals surface area contributed by atoms with Crippen LogP contribution < -0.4 is 0 Å².